The first-order valence-electron chi connectivity index (χ1n) is 9.47. The van der Waals surface area contributed by atoms with Crippen molar-refractivity contribution in [3.63, 3.8) is 0 Å². The van der Waals surface area contributed by atoms with E-state index in [9.17, 15) is 9.18 Å². The highest BCUT2D eigenvalue weighted by molar-refractivity contribution is 5.92. The maximum atomic E-state index is 14.0. The second kappa shape index (κ2) is 8.79. The first kappa shape index (κ1) is 19.1. The summed E-state index contributed by atoms with van der Waals surface area (Å²) in [6, 6.07) is 8.53. The van der Waals surface area contributed by atoms with E-state index in [4.69, 9.17) is 0 Å². The van der Waals surface area contributed by atoms with Crippen molar-refractivity contribution in [2.75, 3.05) is 42.5 Å². The molecule has 2 heterocycles. The van der Waals surface area contributed by atoms with Gasteiger partial charge in [0.1, 0.15) is 11.5 Å². The Morgan fingerprint density at radius 3 is 2.56 bits per heavy atom. The molecule has 0 radical (unpaired) electrons. The molecule has 0 aliphatic carbocycles. The topological polar surface area (TPSA) is 61.4 Å². The molecule has 1 aromatic carbocycles. The molecule has 1 fully saturated rings. The first-order valence-corrected chi connectivity index (χ1v) is 9.47. The second-order valence-electron chi connectivity index (χ2n) is 6.73. The number of carbonyl (C=O) groups excluding carboxylic acids is 1. The number of nitrogens with zero attached hydrogens (tertiary/aromatic N) is 4. The van der Waals surface area contributed by atoms with Crippen LogP contribution >= 0.6 is 0 Å². The van der Waals surface area contributed by atoms with Gasteiger partial charge in [0, 0.05) is 38.4 Å². The molecule has 2 aromatic rings. The van der Waals surface area contributed by atoms with Crippen LogP contribution in [0.1, 0.15) is 35.9 Å². The molecule has 0 bridgehead atoms. The Labute approximate surface area is 159 Å². The largest absolute Gasteiger partial charge is 0.366 e. The lowest BCUT2D eigenvalue weighted by atomic mass is 10.2. The van der Waals surface area contributed by atoms with Crippen LogP contribution in [-0.4, -0.2) is 48.6 Å². The number of aromatic nitrogens is 2. The zero-order chi connectivity index (χ0) is 19.2. The maximum Gasteiger partial charge on any atom is 0.270 e. The Hall–Kier alpha value is -2.70. The SMILES string of the molecule is CCCCNC(=O)c1cc(C)nc(N2CCN(c3ccccc3F)CC2)n1. The van der Waals surface area contributed by atoms with E-state index in [1.165, 1.54) is 6.07 Å². The minimum atomic E-state index is -0.205. The third-order valence-corrected chi connectivity index (χ3v) is 4.65. The average molecular weight is 371 g/mol. The van der Waals surface area contributed by atoms with Crippen molar-refractivity contribution in [2.45, 2.75) is 26.7 Å². The molecule has 0 unspecified atom stereocenters. The number of piperazine rings is 1. The van der Waals surface area contributed by atoms with Crippen LogP contribution in [0.25, 0.3) is 0 Å². The number of nitrogens with one attached hydrogen (secondary N) is 1. The third-order valence-electron chi connectivity index (χ3n) is 4.65. The molecule has 1 N–H and O–H groups in total. The van der Waals surface area contributed by atoms with E-state index in [1.807, 2.05) is 22.8 Å². The normalized spacial score (nSPS) is 14.3. The number of hydrogen-bond acceptors (Lipinski definition) is 5. The molecule has 0 atom stereocenters. The van der Waals surface area contributed by atoms with Gasteiger partial charge >= 0.3 is 0 Å². The minimum absolute atomic E-state index is 0.166. The average Bonchev–Trinajstić information content (AvgIpc) is 2.68. The number of aryl methyl sites for hydroxylation is 1. The van der Waals surface area contributed by atoms with Gasteiger partial charge in [0.25, 0.3) is 5.91 Å². The zero-order valence-corrected chi connectivity index (χ0v) is 15.9. The second-order valence-corrected chi connectivity index (χ2v) is 6.73. The van der Waals surface area contributed by atoms with Gasteiger partial charge in [0.05, 0.1) is 5.69 Å². The molecule has 0 spiro atoms. The van der Waals surface area contributed by atoms with E-state index in [0.717, 1.165) is 18.5 Å². The van der Waals surface area contributed by atoms with Gasteiger partial charge in [-0.2, -0.15) is 0 Å². The summed E-state index contributed by atoms with van der Waals surface area (Å²) >= 11 is 0. The van der Waals surface area contributed by atoms with Crippen LogP contribution < -0.4 is 15.1 Å². The Morgan fingerprint density at radius 1 is 1.15 bits per heavy atom. The van der Waals surface area contributed by atoms with Crippen LogP contribution in [0.15, 0.2) is 30.3 Å². The Balaban J connectivity index is 1.67. The lowest BCUT2D eigenvalue weighted by molar-refractivity contribution is 0.0948. The van der Waals surface area contributed by atoms with E-state index in [0.29, 0.717) is 50.1 Å². The summed E-state index contributed by atoms with van der Waals surface area (Å²) in [6.45, 7) is 7.30. The number of carbonyl (C=O) groups is 1. The Kier molecular flexibility index (Phi) is 6.21. The van der Waals surface area contributed by atoms with Gasteiger partial charge in [0.15, 0.2) is 0 Å². The fourth-order valence-electron chi connectivity index (χ4n) is 3.14. The van der Waals surface area contributed by atoms with Crippen LogP contribution in [0.4, 0.5) is 16.0 Å². The fourth-order valence-corrected chi connectivity index (χ4v) is 3.14. The van der Waals surface area contributed by atoms with Crippen molar-refractivity contribution in [1.82, 2.24) is 15.3 Å². The summed E-state index contributed by atoms with van der Waals surface area (Å²) in [7, 11) is 0. The Bertz CT molecular complexity index is 790. The number of hydrogen-bond donors (Lipinski definition) is 1. The number of halogens is 1. The molecule has 7 heteroatoms. The zero-order valence-electron chi connectivity index (χ0n) is 15.9. The maximum absolute atomic E-state index is 14.0. The lowest BCUT2D eigenvalue weighted by Gasteiger charge is -2.36. The lowest BCUT2D eigenvalue weighted by Crippen LogP contribution is -2.47. The van der Waals surface area contributed by atoms with E-state index < -0.39 is 0 Å². The van der Waals surface area contributed by atoms with Crippen molar-refractivity contribution in [2.24, 2.45) is 0 Å². The summed E-state index contributed by atoms with van der Waals surface area (Å²) in [5.74, 6) is 0.188. The van der Waals surface area contributed by atoms with Crippen LogP contribution in [0.3, 0.4) is 0 Å². The van der Waals surface area contributed by atoms with Gasteiger partial charge in [-0.25, -0.2) is 14.4 Å². The van der Waals surface area contributed by atoms with E-state index >= 15 is 0 Å². The van der Waals surface area contributed by atoms with Crippen molar-refractivity contribution in [1.29, 1.82) is 0 Å². The summed E-state index contributed by atoms with van der Waals surface area (Å²) in [5, 5.41) is 2.89. The van der Waals surface area contributed by atoms with Gasteiger partial charge in [-0.1, -0.05) is 25.5 Å². The number of para-hydroxylation sites is 1. The molecule has 1 aliphatic heterocycles. The molecule has 1 saturated heterocycles. The van der Waals surface area contributed by atoms with Crippen molar-refractivity contribution < 1.29 is 9.18 Å². The monoisotopic (exact) mass is 371 g/mol. The molecular weight excluding hydrogens is 345 g/mol. The van der Waals surface area contributed by atoms with Crippen molar-refractivity contribution in [3.05, 3.63) is 47.5 Å². The van der Waals surface area contributed by atoms with Crippen LogP contribution in [0, 0.1) is 12.7 Å². The molecule has 144 valence electrons. The number of benzene rings is 1. The van der Waals surface area contributed by atoms with Gasteiger partial charge in [-0.15, -0.1) is 0 Å². The molecule has 27 heavy (non-hydrogen) atoms. The van der Waals surface area contributed by atoms with E-state index in [2.05, 4.69) is 22.2 Å². The summed E-state index contributed by atoms with van der Waals surface area (Å²) in [5.41, 5.74) is 1.78. The standard InChI is InChI=1S/C20H26FN5O/c1-3-4-9-22-19(27)17-14-15(2)23-20(24-17)26-12-10-25(11-13-26)18-8-6-5-7-16(18)21/h5-8,14H,3-4,9-13H2,1-2H3,(H,22,27). The van der Waals surface area contributed by atoms with Crippen LogP contribution in [-0.2, 0) is 0 Å². The van der Waals surface area contributed by atoms with Crippen LogP contribution in [0.5, 0.6) is 0 Å². The predicted molar refractivity (Wildman–Crippen MR) is 105 cm³/mol. The van der Waals surface area contributed by atoms with Crippen molar-refractivity contribution in [3.8, 4) is 0 Å². The number of unbranched alkanes of at least 4 members (excludes halogenated alkanes) is 1. The van der Waals surface area contributed by atoms with E-state index in [1.54, 1.807) is 18.2 Å². The minimum Gasteiger partial charge on any atom is -0.366 e. The van der Waals surface area contributed by atoms with Gasteiger partial charge in [-0.3, -0.25) is 4.79 Å². The van der Waals surface area contributed by atoms with Gasteiger partial charge < -0.3 is 15.1 Å². The van der Waals surface area contributed by atoms with E-state index in [-0.39, 0.29) is 11.7 Å². The third kappa shape index (κ3) is 4.72. The number of anilines is 2. The van der Waals surface area contributed by atoms with Crippen LogP contribution in [0.2, 0.25) is 0 Å². The molecule has 3 rings (SSSR count). The molecule has 6 nitrogen and oxygen atoms in total. The predicted octanol–water partition coefficient (Wildman–Crippen LogP) is 2.78. The highest BCUT2D eigenvalue weighted by Crippen LogP contribution is 2.21. The fraction of sp³-hybridized carbons (Fsp3) is 0.450. The summed E-state index contributed by atoms with van der Waals surface area (Å²) < 4.78 is 14.0. The Morgan fingerprint density at radius 2 is 1.85 bits per heavy atom. The molecule has 1 aromatic heterocycles. The molecule has 0 saturated carbocycles. The highest BCUT2D eigenvalue weighted by Gasteiger charge is 2.22. The van der Waals surface area contributed by atoms with Gasteiger partial charge in [-0.05, 0) is 31.5 Å². The summed E-state index contributed by atoms with van der Waals surface area (Å²) in [4.78, 5) is 25.3. The number of amides is 1. The first-order chi connectivity index (χ1) is 13.1. The molecular formula is C20H26FN5O. The number of rotatable bonds is 6. The smallest absolute Gasteiger partial charge is 0.270 e. The van der Waals surface area contributed by atoms with Crippen molar-refractivity contribution >= 4 is 17.5 Å². The van der Waals surface area contributed by atoms with Gasteiger partial charge in [0.2, 0.25) is 5.95 Å². The highest BCUT2D eigenvalue weighted by atomic mass is 19.1. The molecule has 1 amide bonds. The molecule has 1 aliphatic rings. The quantitative estimate of drug-likeness (QED) is 0.791. The summed E-state index contributed by atoms with van der Waals surface area (Å²) in [6.07, 6.45) is 1.97.